The molecular weight excluding hydrogens is 519 g/mol. The number of hydrogen-bond donors (Lipinski definition) is 2. The summed E-state index contributed by atoms with van der Waals surface area (Å²) < 4.78 is 16.2. The molecule has 1 aliphatic rings. The highest BCUT2D eigenvalue weighted by Gasteiger charge is 2.20. The lowest BCUT2D eigenvalue weighted by atomic mass is 10.1. The van der Waals surface area contributed by atoms with Crippen molar-refractivity contribution in [2.45, 2.75) is 46.6 Å². The number of aryl methyl sites for hydroxylation is 1. The van der Waals surface area contributed by atoms with Gasteiger partial charge in [-0.15, -0.1) is 35.3 Å². The maximum Gasteiger partial charge on any atom is 0.350 e. The largest absolute Gasteiger partial charge is 0.462 e. The van der Waals surface area contributed by atoms with E-state index in [1.54, 1.807) is 6.92 Å². The first-order chi connectivity index (χ1) is 14.0. The van der Waals surface area contributed by atoms with Gasteiger partial charge < -0.3 is 24.8 Å². The third-order valence-electron chi connectivity index (χ3n) is 4.44. The van der Waals surface area contributed by atoms with Crippen LogP contribution in [-0.2, 0) is 14.2 Å². The molecular formula is C20H35IN4O4S. The predicted octanol–water partition coefficient (Wildman–Crippen LogP) is 3.31. The van der Waals surface area contributed by atoms with E-state index in [4.69, 9.17) is 14.2 Å². The van der Waals surface area contributed by atoms with Crippen LogP contribution in [0.4, 0.5) is 0 Å². The van der Waals surface area contributed by atoms with Gasteiger partial charge in [-0.2, -0.15) is 0 Å². The number of carbonyl (C=O) groups excluding carboxylic acids is 1. The Kier molecular flexibility index (Phi) is 13.5. The standard InChI is InChI=1S/C20H34N4O4S.HI/c1-5-21-20(22-9-7-10-26-12-16-8-11-27-13-16)24-15(4)18-23-14(3)17(29-18)19(25)28-6-2;/h15-16H,5-13H2,1-4H3,(H2,21,22,24);1H. The molecule has 1 aromatic heterocycles. The van der Waals surface area contributed by atoms with E-state index in [1.165, 1.54) is 11.3 Å². The van der Waals surface area contributed by atoms with E-state index < -0.39 is 0 Å². The van der Waals surface area contributed by atoms with Crippen LogP contribution in [0.5, 0.6) is 0 Å². The van der Waals surface area contributed by atoms with E-state index in [1.807, 2.05) is 20.8 Å². The van der Waals surface area contributed by atoms with Gasteiger partial charge in [0, 0.05) is 32.2 Å². The molecule has 2 N–H and O–H groups in total. The second-order valence-corrected chi connectivity index (χ2v) is 8.00. The molecule has 8 nitrogen and oxygen atoms in total. The van der Waals surface area contributed by atoms with Crippen molar-refractivity contribution in [3.63, 3.8) is 0 Å². The number of ether oxygens (including phenoxy) is 3. The summed E-state index contributed by atoms with van der Waals surface area (Å²) in [6.07, 6.45) is 1.96. The normalized spacial score (nSPS) is 17.3. The van der Waals surface area contributed by atoms with Crippen molar-refractivity contribution >= 4 is 47.2 Å². The van der Waals surface area contributed by atoms with Crippen LogP contribution in [0.15, 0.2) is 4.99 Å². The summed E-state index contributed by atoms with van der Waals surface area (Å²) in [7, 11) is 0. The highest BCUT2D eigenvalue weighted by Crippen LogP contribution is 2.24. The Labute approximate surface area is 200 Å². The molecule has 0 aliphatic carbocycles. The van der Waals surface area contributed by atoms with Gasteiger partial charge in [0.05, 0.1) is 31.6 Å². The van der Waals surface area contributed by atoms with Gasteiger partial charge in [0.2, 0.25) is 0 Å². The van der Waals surface area contributed by atoms with Gasteiger partial charge >= 0.3 is 5.97 Å². The Morgan fingerprint density at radius 1 is 1.43 bits per heavy atom. The van der Waals surface area contributed by atoms with Gasteiger partial charge in [-0.3, -0.25) is 4.99 Å². The quantitative estimate of drug-likeness (QED) is 0.143. The molecule has 2 heterocycles. The average Bonchev–Trinajstić information content (AvgIpc) is 3.34. The zero-order valence-electron chi connectivity index (χ0n) is 18.4. The van der Waals surface area contributed by atoms with Crippen LogP contribution < -0.4 is 10.6 Å². The molecule has 0 radical (unpaired) electrons. The maximum absolute atomic E-state index is 12.0. The Hall–Kier alpha value is -0.980. The summed E-state index contributed by atoms with van der Waals surface area (Å²) in [5, 5.41) is 7.44. The summed E-state index contributed by atoms with van der Waals surface area (Å²) in [4.78, 5) is 21.7. The average molecular weight is 554 g/mol. The first kappa shape index (κ1) is 27.1. The fourth-order valence-corrected chi connectivity index (χ4v) is 3.86. The molecule has 172 valence electrons. The van der Waals surface area contributed by atoms with Crippen molar-refractivity contribution in [1.82, 2.24) is 15.6 Å². The molecule has 0 amide bonds. The number of thiazole rings is 1. The summed E-state index contributed by atoms with van der Waals surface area (Å²) in [5.41, 5.74) is 0.698. The second-order valence-electron chi connectivity index (χ2n) is 6.97. The van der Waals surface area contributed by atoms with Gasteiger partial charge in [-0.25, -0.2) is 9.78 Å². The molecule has 2 rings (SSSR count). The van der Waals surface area contributed by atoms with E-state index in [0.29, 0.717) is 36.2 Å². The minimum absolute atomic E-state index is 0. The van der Waals surface area contributed by atoms with Crippen LogP contribution in [0.3, 0.4) is 0 Å². The Bertz CT molecular complexity index is 665. The molecule has 30 heavy (non-hydrogen) atoms. The molecule has 10 heteroatoms. The predicted molar refractivity (Wildman–Crippen MR) is 130 cm³/mol. The zero-order chi connectivity index (χ0) is 21.1. The molecule has 2 atom stereocenters. The van der Waals surface area contributed by atoms with Gasteiger partial charge in [-0.1, -0.05) is 0 Å². The topological polar surface area (TPSA) is 94.1 Å². The lowest BCUT2D eigenvalue weighted by molar-refractivity contribution is 0.0531. The van der Waals surface area contributed by atoms with Crippen LogP contribution in [0.2, 0.25) is 0 Å². The second kappa shape index (κ2) is 14.9. The van der Waals surface area contributed by atoms with Crippen molar-refractivity contribution in [2.24, 2.45) is 10.9 Å². The number of nitrogens with zero attached hydrogens (tertiary/aromatic N) is 2. The minimum atomic E-state index is -0.314. The van der Waals surface area contributed by atoms with Crippen LogP contribution in [0, 0.1) is 12.8 Å². The molecule has 1 fully saturated rings. The van der Waals surface area contributed by atoms with Crippen LogP contribution in [0.25, 0.3) is 0 Å². The van der Waals surface area contributed by atoms with E-state index in [0.717, 1.165) is 50.2 Å². The zero-order valence-corrected chi connectivity index (χ0v) is 21.5. The number of halogens is 1. The smallest absolute Gasteiger partial charge is 0.350 e. The molecule has 1 aromatic rings. The summed E-state index contributed by atoms with van der Waals surface area (Å²) in [6, 6.07) is -0.0710. The Morgan fingerprint density at radius 2 is 2.23 bits per heavy atom. The lowest BCUT2D eigenvalue weighted by Gasteiger charge is -2.16. The van der Waals surface area contributed by atoms with Crippen LogP contribution in [0.1, 0.15) is 60.0 Å². The number of aliphatic imine (C=N–C) groups is 1. The number of carbonyl (C=O) groups is 1. The number of nitrogens with one attached hydrogen (secondary N) is 2. The highest BCUT2D eigenvalue weighted by atomic mass is 127. The Morgan fingerprint density at radius 3 is 2.90 bits per heavy atom. The van der Waals surface area contributed by atoms with Crippen molar-refractivity contribution in [3.05, 3.63) is 15.6 Å². The number of esters is 1. The van der Waals surface area contributed by atoms with E-state index in [9.17, 15) is 4.79 Å². The van der Waals surface area contributed by atoms with Crippen molar-refractivity contribution in [3.8, 4) is 0 Å². The van der Waals surface area contributed by atoms with Gasteiger partial charge in [0.1, 0.15) is 9.88 Å². The first-order valence-corrected chi connectivity index (χ1v) is 11.2. The van der Waals surface area contributed by atoms with Gasteiger partial charge in [-0.05, 0) is 40.5 Å². The molecule has 0 bridgehead atoms. The molecule has 2 unspecified atom stereocenters. The third-order valence-corrected chi connectivity index (χ3v) is 5.76. The fourth-order valence-electron chi connectivity index (χ4n) is 2.90. The van der Waals surface area contributed by atoms with E-state index in [2.05, 4.69) is 20.6 Å². The minimum Gasteiger partial charge on any atom is -0.462 e. The number of aromatic nitrogens is 1. The summed E-state index contributed by atoms with van der Waals surface area (Å²) in [6.45, 7) is 12.6. The van der Waals surface area contributed by atoms with E-state index in [-0.39, 0.29) is 36.0 Å². The van der Waals surface area contributed by atoms with Gasteiger partial charge in [0.15, 0.2) is 5.96 Å². The lowest BCUT2D eigenvalue weighted by Crippen LogP contribution is -2.38. The van der Waals surface area contributed by atoms with Crippen molar-refractivity contribution < 1.29 is 19.0 Å². The van der Waals surface area contributed by atoms with Crippen molar-refractivity contribution in [1.29, 1.82) is 0 Å². The van der Waals surface area contributed by atoms with Crippen LogP contribution in [-0.4, -0.2) is 63.0 Å². The molecule has 0 saturated carbocycles. The van der Waals surface area contributed by atoms with Gasteiger partial charge in [0.25, 0.3) is 0 Å². The molecule has 1 saturated heterocycles. The summed E-state index contributed by atoms with van der Waals surface area (Å²) >= 11 is 1.36. The number of guanidine groups is 1. The SMILES string of the molecule is CCNC(=NCCCOCC1CCOC1)NC(C)c1nc(C)c(C(=O)OCC)s1.I. The fraction of sp³-hybridized carbons (Fsp3) is 0.750. The monoisotopic (exact) mass is 554 g/mol. The van der Waals surface area contributed by atoms with E-state index >= 15 is 0 Å². The summed E-state index contributed by atoms with van der Waals surface area (Å²) in [5.74, 6) is 0.958. The third kappa shape index (κ3) is 9.03. The molecule has 0 aromatic carbocycles. The van der Waals surface area contributed by atoms with Crippen molar-refractivity contribution in [2.75, 3.05) is 46.1 Å². The van der Waals surface area contributed by atoms with Crippen LogP contribution >= 0.6 is 35.3 Å². The number of hydrogen-bond acceptors (Lipinski definition) is 7. The molecule has 1 aliphatic heterocycles. The molecule has 0 spiro atoms. The maximum atomic E-state index is 12.0. The number of rotatable bonds is 11. The first-order valence-electron chi connectivity index (χ1n) is 10.4. The Balaban J connectivity index is 0.00000450. The highest BCUT2D eigenvalue weighted by molar-refractivity contribution is 14.0.